The van der Waals surface area contributed by atoms with Gasteiger partial charge in [-0.15, -0.1) is 0 Å². The summed E-state index contributed by atoms with van der Waals surface area (Å²) in [4.78, 5) is 17.6. The first kappa shape index (κ1) is 22.5. The van der Waals surface area contributed by atoms with Gasteiger partial charge >= 0.3 is 0 Å². The fraction of sp³-hybridized carbons (Fsp3) is 0.519. The maximum Gasteiger partial charge on any atom is 0.220 e. The van der Waals surface area contributed by atoms with E-state index in [4.69, 9.17) is 10.1 Å². The van der Waals surface area contributed by atoms with E-state index in [-0.39, 0.29) is 5.91 Å². The molecule has 1 amide bonds. The number of hydrogen-bond donors (Lipinski definition) is 1. The van der Waals surface area contributed by atoms with E-state index in [1.165, 1.54) is 47.9 Å². The van der Waals surface area contributed by atoms with E-state index in [2.05, 4.69) is 51.2 Å². The van der Waals surface area contributed by atoms with Crippen LogP contribution in [0.5, 0.6) is 0 Å². The van der Waals surface area contributed by atoms with Crippen LogP contribution in [0.1, 0.15) is 78.6 Å². The van der Waals surface area contributed by atoms with Crippen molar-refractivity contribution in [2.75, 3.05) is 0 Å². The highest BCUT2D eigenvalue weighted by Crippen LogP contribution is 2.29. The molecule has 0 radical (unpaired) electrons. The molecule has 1 aliphatic carbocycles. The molecule has 0 spiro atoms. The Kier molecular flexibility index (Phi) is 6.63. The number of amides is 1. The van der Waals surface area contributed by atoms with E-state index < -0.39 is 0 Å². The molecule has 1 saturated carbocycles. The topological polar surface area (TPSA) is 59.8 Å². The first-order valence-corrected chi connectivity index (χ1v) is 12.1. The van der Waals surface area contributed by atoms with Crippen molar-refractivity contribution in [3.05, 3.63) is 51.8 Å². The Morgan fingerprint density at radius 3 is 2.41 bits per heavy atom. The number of rotatable bonds is 5. The number of fused-ring (bicyclic) bond motifs is 1. The van der Waals surface area contributed by atoms with Crippen LogP contribution in [0.25, 0.3) is 16.7 Å². The molecular weight excluding hydrogens is 396 g/mol. The molecule has 1 aromatic carbocycles. The molecule has 0 unspecified atom stereocenters. The molecule has 1 fully saturated rings. The van der Waals surface area contributed by atoms with Crippen molar-refractivity contribution in [3.8, 4) is 5.69 Å². The van der Waals surface area contributed by atoms with Crippen LogP contribution in [0.15, 0.2) is 18.2 Å². The van der Waals surface area contributed by atoms with Gasteiger partial charge < -0.3 is 5.32 Å². The number of hydrogen-bond acceptors (Lipinski definition) is 3. The highest BCUT2D eigenvalue weighted by Gasteiger charge is 2.19. The zero-order valence-corrected chi connectivity index (χ0v) is 20.2. The molecule has 32 heavy (non-hydrogen) atoms. The summed E-state index contributed by atoms with van der Waals surface area (Å²) in [6, 6.07) is 6.76. The number of pyridine rings is 1. The average Bonchev–Trinajstić information content (AvgIpc) is 2.90. The molecule has 3 aromatic rings. The number of aryl methyl sites for hydroxylation is 5. The molecule has 0 bridgehead atoms. The number of nitrogens with one attached hydrogen (secondary N) is 1. The minimum Gasteiger partial charge on any atom is -0.353 e. The molecule has 170 valence electrons. The van der Waals surface area contributed by atoms with Crippen molar-refractivity contribution in [1.29, 1.82) is 0 Å². The van der Waals surface area contributed by atoms with Gasteiger partial charge in [0, 0.05) is 23.5 Å². The average molecular weight is 433 g/mol. The number of carbonyl (C=O) groups excluding carboxylic acids is 1. The second kappa shape index (κ2) is 9.43. The quantitative estimate of drug-likeness (QED) is 0.524. The summed E-state index contributed by atoms with van der Waals surface area (Å²) < 4.78 is 1.96. The lowest BCUT2D eigenvalue weighted by atomic mass is 9.99. The van der Waals surface area contributed by atoms with Gasteiger partial charge in [-0.25, -0.2) is 9.67 Å². The summed E-state index contributed by atoms with van der Waals surface area (Å²) in [5.41, 5.74) is 8.79. The standard InChI is InChI=1S/C27H36N4O/c1-17-12-13-23(16-18(17)2)31-27-26(21(5)30-31)19(3)24(20(4)28-27)14-15-25(32)29-22-10-8-6-7-9-11-22/h12-13,16,22H,6-11,14-15H2,1-5H3,(H,29,32). The normalized spacial score (nSPS) is 15.2. The maximum atomic E-state index is 12.7. The summed E-state index contributed by atoms with van der Waals surface area (Å²) >= 11 is 0. The van der Waals surface area contributed by atoms with Gasteiger partial charge in [0.25, 0.3) is 0 Å². The van der Waals surface area contributed by atoms with Crippen molar-refractivity contribution in [2.45, 2.75) is 92.0 Å². The third-order valence-corrected chi connectivity index (χ3v) is 7.13. The van der Waals surface area contributed by atoms with Crippen LogP contribution in [0.2, 0.25) is 0 Å². The predicted octanol–water partition coefficient (Wildman–Crippen LogP) is 5.73. The van der Waals surface area contributed by atoms with Gasteiger partial charge in [-0.05, 0) is 88.3 Å². The molecule has 1 aliphatic rings. The van der Waals surface area contributed by atoms with Gasteiger partial charge in [-0.3, -0.25) is 4.79 Å². The largest absolute Gasteiger partial charge is 0.353 e. The molecule has 2 aromatic heterocycles. The van der Waals surface area contributed by atoms with E-state index in [0.717, 1.165) is 41.0 Å². The number of carbonyl (C=O) groups is 1. The zero-order chi connectivity index (χ0) is 22.8. The van der Waals surface area contributed by atoms with Crippen LogP contribution in [0.3, 0.4) is 0 Å². The van der Waals surface area contributed by atoms with Crippen LogP contribution in [-0.4, -0.2) is 26.7 Å². The SMILES string of the molecule is Cc1ccc(-n2nc(C)c3c(C)c(CCC(=O)NC4CCCCCC4)c(C)nc32)cc1C. The molecule has 1 N–H and O–H groups in total. The molecule has 4 rings (SSSR count). The molecule has 2 heterocycles. The van der Waals surface area contributed by atoms with Gasteiger partial charge in [0.05, 0.1) is 11.4 Å². The van der Waals surface area contributed by atoms with E-state index >= 15 is 0 Å². The first-order chi connectivity index (χ1) is 15.3. The lowest BCUT2D eigenvalue weighted by Crippen LogP contribution is -2.34. The highest BCUT2D eigenvalue weighted by molar-refractivity contribution is 5.85. The van der Waals surface area contributed by atoms with E-state index in [1.54, 1.807) is 0 Å². The lowest BCUT2D eigenvalue weighted by Gasteiger charge is -2.17. The van der Waals surface area contributed by atoms with Crippen molar-refractivity contribution in [1.82, 2.24) is 20.1 Å². The van der Waals surface area contributed by atoms with E-state index in [0.29, 0.717) is 18.9 Å². The minimum absolute atomic E-state index is 0.165. The minimum atomic E-state index is 0.165. The van der Waals surface area contributed by atoms with Gasteiger partial charge in [0.15, 0.2) is 5.65 Å². The Balaban J connectivity index is 1.57. The Morgan fingerprint density at radius 1 is 1.00 bits per heavy atom. The first-order valence-electron chi connectivity index (χ1n) is 12.1. The number of nitrogens with zero attached hydrogens (tertiary/aromatic N) is 3. The maximum absolute atomic E-state index is 12.7. The second-order valence-electron chi connectivity index (χ2n) is 9.52. The predicted molar refractivity (Wildman–Crippen MR) is 131 cm³/mol. The molecule has 0 aliphatic heterocycles. The Labute approximate surface area is 191 Å². The van der Waals surface area contributed by atoms with Crippen LogP contribution in [0.4, 0.5) is 0 Å². The Morgan fingerprint density at radius 2 is 1.72 bits per heavy atom. The smallest absolute Gasteiger partial charge is 0.220 e. The van der Waals surface area contributed by atoms with Crippen LogP contribution < -0.4 is 5.32 Å². The molecule has 5 heteroatoms. The summed E-state index contributed by atoms with van der Waals surface area (Å²) in [5, 5.41) is 9.21. The Bertz CT molecular complexity index is 1140. The van der Waals surface area contributed by atoms with Gasteiger partial charge in [-0.1, -0.05) is 31.7 Å². The van der Waals surface area contributed by atoms with Gasteiger partial charge in [0.1, 0.15) is 0 Å². The summed E-state index contributed by atoms with van der Waals surface area (Å²) in [5.74, 6) is 0.165. The molecule has 5 nitrogen and oxygen atoms in total. The third kappa shape index (κ3) is 4.57. The summed E-state index contributed by atoms with van der Waals surface area (Å²) in [6.07, 6.45) is 8.52. The fourth-order valence-electron chi connectivity index (χ4n) is 5.07. The van der Waals surface area contributed by atoms with Crippen molar-refractivity contribution >= 4 is 16.9 Å². The van der Waals surface area contributed by atoms with Crippen LogP contribution in [0, 0.1) is 34.6 Å². The molecule has 0 atom stereocenters. The summed E-state index contributed by atoms with van der Waals surface area (Å²) in [7, 11) is 0. The number of benzene rings is 1. The summed E-state index contributed by atoms with van der Waals surface area (Å²) in [6.45, 7) is 10.5. The number of aromatic nitrogens is 3. The van der Waals surface area contributed by atoms with Crippen molar-refractivity contribution in [2.24, 2.45) is 0 Å². The lowest BCUT2D eigenvalue weighted by molar-refractivity contribution is -0.121. The van der Waals surface area contributed by atoms with E-state index in [9.17, 15) is 4.79 Å². The van der Waals surface area contributed by atoms with E-state index in [1.807, 2.05) is 11.6 Å². The molecule has 0 saturated heterocycles. The zero-order valence-electron chi connectivity index (χ0n) is 20.2. The fourth-order valence-corrected chi connectivity index (χ4v) is 5.07. The van der Waals surface area contributed by atoms with Gasteiger partial charge in [-0.2, -0.15) is 5.10 Å². The monoisotopic (exact) mass is 432 g/mol. The molecular formula is C27H36N4O. The van der Waals surface area contributed by atoms with Crippen molar-refractivity contribution < 1.29 is 4.79 Å². The van der Waals surface area contributed by atoms with Gasteiger partial charge in [0.2, 0.25) is 5.91 Å². The Hall–Kier alpha value is -2.69. The van der Waals surface area contributed by atoms with Crippen LogP contribution >= 0.6 is 0 Å². The highest BCUT2D eigenvalue weighted by atomic mass is 16.1. The van der Waals surface area contributed by atoms with Crippen molar-refractivity contribution in [3.63, 3.8) is 0 Å². The van der Waals surface area contributed by atoms with Crippen LogP contribution in [-0.2, 0) is 11.2 Å². The third-order valence-electron chi connectivity index (χ3n) is 7.13. The second-order valence-corrected chi connectivity index (χ2v) is 9.52.